The summed E-state index contributed by atoms with van der Waals surface area (Å²) in [6.07, 6.45) is 8.66. The van der Waals surface area contributed by atoms with E-state index in [2.05, 4.69) is 56.4 Å². The molecule has 0 bridgehead atoms. The van der Waals surface area contributed by atoms with Gasteiger partial charge < -0.3 is 0 Å². The van der Waals surface area contributed by atoms with Crippen molar-refractivity contribution in [1.82, 2.24) is 0 Å². The molecular formula is C20H24P. The predicted molar refractivity (Wildman–Crippen MR) is 96.1 cm³/mol. The summed E-state index contributed by atoms with van der Waals surface area (Å²) in [4.78, 5) is 0. The summed E-state index contributed by atoms with van der Waals surface area (Å²) in [5, 5.41) is 1.61. The average molecular weight is 295 g/mol. The molecule has 0 amide bonds. The lowest BCUT2D eigenvalue weighted by molar-refractivity contribution is 0.796. The molecule has 3 rings (SSSR count). The van der Waals surface area contributed by atoms with Gasteiger partial charge in [0, 0.05) is 6.42 Å². The van der Waals surface area contributed by atoms with Crippen LogP contribution in [0, 0.1) is 6.42 Å². The molecular weight excluding hydrogens is 271 g/mol. The van der Waals surface area contributed by atoms with Crippen LogP contribution in [-0.4, -0.2) is 0 Å². The molecule has 0 fully saturated rings. The standard InChI is InChI=1S/C20H24P/c1-3-5-9-15-12-13-21-20(15)19-14-16-10-6-7-11-17(16)18(19)8-4-2/h6-7,10-14,21H,3-5,8-9H2,1-2H3. The second kappa shape index (κ2) is 6.67. The van der Waals surface area contributed by atoms with Crippen molar-refractivity contribution in [3.8, 4) is 0 Å². The molecule has 0 saturated heterocycles. The Kier molecular flexibility index (Phi) is 4.66. The van der Waals surface area contributed by atoms with Crippen LogP contribution in [0.1, 0.15) is 61.5 Å². The highest BCUT2D eigenvalue weighted by Gasteiger charge is 2.23. The number of hydrogen-bond acceptors (Lipinski definition) is 0. The van der Waals surface area contributed by atoms with Crippen molar-refractivity contribution in [3.63, 3.8) is 0 Å². The van der Waals surface area contributed by atoms with Crippen molar-refractivity contribution in [1.29, 1.82) is 0 Å². The molecule has 0 spiro atoms. The van der Waals surface area contributed by atoms with Crippen LogP contribution in [0.15, 0.2) is 36.1 Å². The Morgan fingerprint density at radius 1 is 0.952 bits per heavy atom. The van der Waals surface area contributed by atoms with E-state index >= 15 is 0 Å². The van der Waals surface area contributed by atoms with Crippen molar-refractivity contribution in [2.24, 2.45) is 0 Å². The molecule has 1 aromatic heterocycles. The number of aryl methyl sites for hydroxylation is 1. The van der Waals surface area contributed by atoms with Gasteiger partial charge in [0.05, 0.1) is 0 Å². The number of unbranched alkanes of at least 4 members (excludes halogenated alkanes) is 1. The van der Waals surface area contributed by atoms with Gasteiger partial charge in [-0.15, -0.1) is 8.19 Å². The number of fused-ring (bicyclic) bond motifs is 1. The normalized spacial score (nSPS) is 14.2. The Labute approximate surface area is 130 Å². The van der Waals surface area contributed by atoms with Gasteiger partial charge in [0.2, 0.25) is 0 Å². The third kappa shape index (κ3) is 2.87. The maximum atomic E-state index is 2.43. The van der Waals surface area contributed by atoms with Crippen molar-refractivity contribution in [2.75, 3.05) is 0 Å². The molecule has 0 N–H and O–H groups in total. The predicted octanol–water partition coefficient (Wildman–Crippen LogP) is 6.34. The minimum absolute atomic E-state index is 0.853. The lowest BCUT2D eigenvalue weighted by atomic mass is 9.98. The Bertz CT molecular complexity index is 645. The Balaban J connectivity index is 2.01. The van der Waals surface area contributed by atoms with Gasteiger partial charge in [0.15, 0.2) is 0 Å². The van der Waals surface area contributed by atoms with Crippen LogP contribution < -0.4 is 0 Å². The number of hydrogen-bond donors (Lipinski definition) is 0. The first-order chi connectivity index (χ1) is 10.3. The first-order valence-electron chi connectivity index (χ1n) is 8.19. The molecule has 1 aromatic carbocycles. The highest BCUT2D eigenvalue weighted by atomic mass is 31.0. The van der Waals surface area contributed by atoms with E-state index in [1.165, 1.54) is 48.8 Å². The van der Waals surface area contributed by atoms with Gasteiger partial charge in [-0.3, -0.25) is 0 Å². The molecule has 1 atom stereocenters. The summed E-state index contributed by atoms with van der Waals surface area (Å²) in [6, 6.07) is 11.3. The summed E-state index contributed by atoms with van der Waals surface area (Å²) < 4.78 is 0. The van der Waals surface area contributed by atoms with Crippen LogP contribution >= 0.6 is 8.19 Å². The molecule has 109 valence electrons. The molecule has 0 aliphatic heterocycles. The monoisotopic (exact) mass is 295 g/mol. The highest BCUT2D eigenvalue weighted by Crippen LogP contribution is 2.45. The van der Waals surface area contributed by atoms with Crippen molar-refractivity contribution < 1.29 is 0 Å². The lowest BCUT2D eigenvalue weighted by Gasteiger charge is -2.09. The summed E-state index contributed by atoms with van der Waals surface area (Å²) in [7, 11) is 0.853. The maximum Gasteiger partial charge on any atom is 0.0218 e. The average Bonchev–Trinajstić information content (AvgIpc) is 3.10. The zero-order valence-electron chi connectivity index (χ0n) is 13.1. The van der Waals surface area contributed by atoms with E-state index in [1.807, 2.05) is 0 Å². The first-order valence-corrected chi connectivity index (χ1v) is 9.26. The number of allylic oxidation sites excluding steroid dienone is 2. The molecule has 1 heteroatoms. The van der Waals surface area contributed by atoms with Gasteiger partial charge in [0.25, 0.3) is 0 Å². The van der Waals surface area contributed by atoms with E-state index in [4.69, 9.17) is 0 Å². The van der Waals surface area contributed by atoms with E-state index in [-0.39, 0.29) is 0 Å². The van der Waals surface area contributed by atoms with Gasteiger partial charge in [-0.2, -0.15) is 0 Å². The van der Waals surface area contributed by atoms with Crippen LogP contribution in [0.5, 0.6) is 0 Å². The summed E-state index contributed by atoms with van der Waals surface area (Å²) >= 11 is 0. The molecule has 21 heavy (non-hydrogen) atoms. The minimum Gasteiger partial charge on any atom is -0.132 e. The van der Waals surface area contributed by atoms with Crippen molar-refractivity contribution in [3.05, 3.63) is 64.5 Å². The van der Waals surface area contributed by atoms with Crippen LogP contribution in [0.25, 0.3) is 11.1 Å². The Hall–Kier alpha value is -1.26. The smallest absolute Gasteiger partial charge is 0.0218 e. The fourth-order valence-electron chi connectivity index (χ4n) is 3.26. The van der Waals surface area contributed by atoms with Gasteiger partial charge in [-0.1, -0.05) is 57.0 Å². The molecule has 0 saturated carbocycles. The maximum absolute atomic E-state index is 2.43. The fraction of sp³-hybridized carbons (Fsp3) is 0.350. The van der Waals surface area contributed by atoms with Gasteiger partial charge in [-0.25, -0.2) is 0 Å². The van der Waals surface area contributed by atoms with E-state index < -0.39 is 0 Å². The van der Waals surface area contributed by atoms with E-state index in [9.17, 15) is 0 Å². The van der Waals surface area contributed by atoms with Crippen molar-refractivity contribution >= 4 is 19.3 Å². The Morgan fingerprint density at radius 2 is 1.81 bits per heavy atom. The first kappa shape index (κ1) is 14.7. The quantitative estimate of drug-likeness (QED) is 0.583. The number of benzene rings is 1. The molecule has 1 aliphatic rings. The van der Waals surface area contributed by atoms with E-state index in [0.717, 1.165) is 8.19 Å². The SMILES string of the molecule is CCCCc1cc[pH]c1C1=C(CCC)c2ccccc2[CH]1. The van der Waals surface area contributed by atoms with Crippen LogP contribution in [0.4, 0.5) is 0 Å². The van der Waals surface area contributed by atoms with Crippen LogP contribution in [0.3, 0.4) is 0 Å². The van der Waals surface area contributed by atoms with Gasteiger partial charge in [-0.05, 0) is 58.2 Å². The van der Waals surface area contributed by atoms with E-state index in [0.29, 0.717) is 0 Å². The highest BCUT2D eigenvalue weighted by molar-refractivity contribution is 7.31. The van der Waals surface area contributed by atoms with Gasteiger partial charge in [0.1, 0.15) is 0 Å². The van der Waals surface area contributed by atoms with Crippen molar-refractivity contribution in [2.45, 2.75) is 46.0 Å². The third-order valence-electron chi connectivity index (χ3n) is 4.31. The Morgan fingerprint density at radius 3 is 2.62 bits per heavy atom. The molecule has 0 nitrogen and oxygen atoms in total. The van der Waals surface area contributed by atoms with Gasteiger partial charge >= 0.3 is 0 Å². The summed E-state index contributed by atoms with van der Waals surface area (Å²) in [5.41, 5.74) is 7.58. The summed E-state index contributed by atoms with van der Waals surface area (Å²) in [6.45, 7) is 4.56. The topological polar surface area (TPSA) is 0 Å². The summed E-state index contributed by atoms with van der Waals surface area (Å²) in [5.74, 6) is 2.37. The van der Waals surface area contributed by atoms with Crippen LogP contribution in [-0.2, 0) is 6.42 Å². The molecule has 1 heterocycles. The van der Waals surface area contributed by atoms with E-state index in [1.54, 1.807) is 16.4 Å². The minimum atomic E-state index is 0.853. The number of rotatable bonds is 6. The largest absolute Gasteiger partial charge is 0.132 e. The third-order valence-corrected chi connectivity index (χ3v) is 5.53. The second-order valence-corrected chi connectivity index (χ2v) is 6.98. The second-order valence-electron chi connectivity index (χ2n) is 5.86. The molecule has 1 unspecified atom stereocenters. The zero-order chi connectivity index (χ0) is 14.7. The zero-order valence-corrected chi connectivity index (χ0v) is 14.1. The molecule has 1 radical (unpaired) electrons. The fourth-order valence-corrected chi connectivity index (χ4v) is 4.48. The molecule has 1 aliphatic carbocycles. The van der Waals surface area contributed by atoms with Crippen LogP contribution in [0.2, 0.25) is 0 Å². The molecule has 2 aromatic rings. The lowest BCUT2D eigenvalue weighted by Crippen LogP contribution is -1.89.